The third kappa shape index (κ3) is 4.58. The summed E-state index contributed by atoms with van der Waals surface area (Å²) in [5.41, 5.74) is 0.116. The average Bonchev–Trinajstić information content (AvgIpc) is 3.09. The minimum Gasteiger partial charge on any atom is -0.464 e. The Hall–Kier alpha value is -3.16. The van der Waals surface area contributed by atoms with Gasteiger partial charge in [-0.1, -0.05) is 62.9 Å². The summed E-state index contributed by atoms with van der Waals surface area (Å²) in [6.45, 7) is 4.41. The van der Waals surface area contributed by atoms with E-state index in [0.717, 1.165) is 31.2 Å². The fourth-order valence-electron chi connectivity index (χ4n) is 5.15. The standard InChI is InChI=1S/C26H34N4O4/c1-18(19-11-7-6-8-12-19)15-30-23(31)22-21(24(32)34-3)27-17-29(22)16-26(30,2)25(33)28-20-13-9-4-5-10-14-20/h6-8,11-12,17-18,20H,4-5,9-10,13-16H2,1-3H3,(H,28,33). The van der Waals surface area contributed by atoms with Crippen LogP contribution >= 0.6 is 0 Å². The van der Waals surface area contributed by atoms with Crippen LogP contribution in [0, 0.1) is 0 Å². The number of hydrogen-bond acceptors (Lipinski definition) is 5. The average molecular weight is 467 g/mol. The summed E-state index contributed by atoms with van der Waals surface area (Å²) < 4.78 is 6.46. The van der Waals surface area contributed by atoms with E-state index in [0.29, 0.717) is 6.54 Å². The maximum absolute atomic E-state index is 13.8. The Bertz CT molecular complexity index is 1040. The van der Waals surface area contributed by atoms with Crippen LogP contribution in [0.5, 0.6) is 0 Å². The van der Waals surface area contributed by atoms with Crippen LogP contribution in [0.4, 0.5) is 0 Å². The molecule has 0 spiro atoms. The fraction of sp³-hybridized carbons (Fsp3) is 0.538. The number of fused-ring (bicyclic) bond motifs is 1. The van der Waals surface area contributed by atoms with Crippen molar-refractivity contribution >= 4 is 17.8 Å². The smallest absolute Gasteiger partial charge is 0.359 e. The largest absolute Gasteiger partial charge is 0.464 e. The van der Waals surface area contributed by atoms with Crippen molar-refractivity contribution in [3.63, 3.8) is 0 Å². The van der Waals surface area contributed by atoms with Crippen LogP contribution in [-0.2, 0) is 16.1 Å². The number of benzene rings is 1. The minimum atomic E-state index is -1.12. The zero-order chi connectivity index (χ0) is 24.3. The van der Waals surface area contributed by atoms with Gasteiger partial charge in [0.2, 0.25) is 5.91 Å². The van der Waals surface area contributed by atoms with Crippen LogP contribution in [0.3, 0.4) is 0 Å². The number of carbonyl (C=O) groups is 3. The molecule has 0 radical (unpaired) electrons. The van der Waals surface area contributed by atoms with Crippen LogP contribution in [0.2, 0.25) is 0 Å². The summed E-state index contributed by atoms with van der Waals surface area (Å²) in [5, 5.41) is 3.25. The molecule has 8 nitrogen and oxygen atoms in total. The summed E-state index contributed by atoms with van der Waals surface area (Å²) in [4.78, 5) is 45.6. The number of aromatic nitrogens is 2. The lowest BCUT2D eigenvalue weighted by Crippen LogP contribution is -2.65. The third-order valence-electron chi connectivity index (χ3n) is 7.24. The minimum absolute atomic E-state index is 0.00814. The summed E-state index contributed by atoms with van der Waals surface area (Å²) in [5.74, 6) is -1.21. The number of ether oxygens (including phenoxy) is 1. The second kappa shape index (κ2) is 9.99. The fourth-order valence-corrected chi connectivity index (χ4v) is 5.15. The first-order valence-corrected chi connectivity index (χ1v) is 12.2. The highest BCUT2D eigenvalue weighted by molar-refractivity contribution is 6.06. The van der Waals surface area contributed by atoms with E-state index in [1.54, 1.807) is 9.47 Å². The van der Waals surface area contributed by atoms with Gasteiger partial charge in [-0.3, -0.25) is 9.59 Å². The predicted octanol–water partition coefficient (Wildman–Crippen LogP) is 3.53. The highest BCUT2D eigenvalue weighted by atomic mass is 16.5. The van der Waals surface area contributed by atoms with Crippen molar-refractivity contribution < 1.29 is 19.1 Å². The zero-order valence-electron chi connectivity index (χ0n) is 20.3. The number of amides is 2. The summed E-state index contributed by atoms with van der Waals surface area (Å²) >= 11 is 0. The molecule has 1 fully saturated rings. The lowest BCUT2D eigenvalue weighted by Gasteiger charge is -2.45. The van der Waals surface area contributed by atoms with Gasteiger partial charge >= 0.3 is 5.97 Å². The molecule has 0 saturated heterocycles. The van der Waals surface area contributed by atoms with Crippen molar-refractivity contribution in [2.75, 3.05) is 13.7 Å². The quantitative estimate of drug-likeness (QED) is 0.519. The highest BCUT2D eigenvalue weighted by Crippen LogP contribution is 2.32. The molecule has 2 atom stereocenters. The molecule has 4 rings (SSSR count). The van der Waals surface area contributed by atoms with Crippen molar-refractivity contribution in [2.24, 2.45) is 0 Å². The van der Waals surface area contributed by atoms with Crippen LogP contribution in [-0.4, -0.2) is 57.5 Å². The van der Waals surface area contributed by atoms with Crippen molar-refractivity contribution in [1.82, 2.24) is 19.8 Å². The van der Waals surface area contributed by atoms with Crippen molar-refractivity contribution in [1.29, 1.82) is 0 Å². The van der Waals surface area contributed by atoms with E-state index in [2.05, 4.69) is 10.3 Å². The summed E-state index contributed by atoms with van der Waals surface area (Å²) in [7, 11) is 1.26. The topological polar surface area (TPSA) is 93.5 Å². The molecule has 1 aliphatic carbocycles. The molecule has 1 aliphatic heterocycles. The Morgan fingerprint density at radius 2 is 1.85 bits per heavy atom. The van der Waals surface area contributed by atoms with Gasteiger partial charge in [-0.25, -0.2) is 9.78 Å². The van der Waals surface area contributed by atoms with Gasteiger partial charge in [0.25, 0.3) is 5.91 Å². The molecule has 8 heteroatoms. The van der Waals surface area contributed by atoms with Crippen molar-refractivity contribution in [2.45, 2.75) is 76.4 Å². The molecule has 1 aromatic carbocycles. The van der Waals surface area contributed by atoms with Crippen LogP contribution in [0.15, 0.2) is 36.7 Å². The van der Waals surface area contributed by atoms with Gasteiger partial charge in [0.15, 0.2) is 5.69 Å². The SMILES string of the molecule is COC(=O)c1ncn2c1C(=O)N(CC(C)c1ccccc1)C(C)(C(=O)NC1CCCCCC1)C2. The number of nitrogens with one attached hydrogen (secondary N) is 1. The molecule has 1 aromatic heterocycles. The molecule has 1 N–H and O–H groups in total. The Balaban J connectivity index is 1.68. The summed E-state index contributed by atoms with van der Waals surface area (Å²) in [6.07, 6.45) is 7.95. The third-order valence-corrected chi connectivity index (χ3v) is 7.24. The molecule has 2 unspecified atom stereocenters. The molecule has 2 amide bonds. The molecule has 2 heterocycles. The van der Waals surface area contributed by atoms with Crippen LogP contribution in [0.25, 0.3) is 0 Å². The Kier molecular flexibility index (Phi) is 7.05. The molecular weight excluding hydrogens is 432 g/mol. The maximum atomic E-state index is 13.8. The number of esters is 1. The molecule has 0 bridgehead atoms. The van der Waals surface area contributed by atoms with Crippen molar-refractivity contribution in [3.8, 4) is 0 Å². The lowest BCUT2D eigenvalue weighted by atomic mass is 9.90. The normalized spacial score (nSPS) is 22.0. The first-order chi connectivity index (χ1) is 16.3. The van der Waals surface area contributed by atoms with E-state index >= 15 is 0 Å². The van der Waals surface area contributed by atoms with E-state index in [-0.39, 0.29) is 41.7 Å². The molecule has 1 saturated carbocycles. The number of methoxy groups -OCH3 is 1. The van der Waals surface area contributed by atoms with Gasteiger partial charge in [0.1, 0.15) is 11.2 Å². The van der Waals surface area contributed by atoms with Crippen molar-refractivity contribution in [3.05, 3.63) is 53.6 Å². The number of imidazole rings is 1. The number of rotatable bonds is 6. The van der Waals surface area contributed by atoms with Crippen LogP contribution < -0.4 is 5.32 Å². The maximum Gasteiger partial charge on any atom is 0.359 e. The zero-order valence-corrected chi connectivity index (χ0v) is 20.3. The Labute approximate surface area is 200 Å². The molecule has 2 aliphatic rings. The van der Waals surface area contributed by atoms with Gasteiger partial charge in [-0.15, -0.1) is 0 Å². The first-order valence-electron chi connectivity index (χ1n) is 12.2. The van der Waals surface area contributed by atoms with Gasteiger partial charge < -0.3 is 19.5 Å². The van der Waals surface area contributed by atoms with E-state index in [1.807, 2.05) is 44.2 Å². The van der Waals surface area contributed by atoms with E-state index in [1.165, 1.54) is 26.3 Å². The van der Waals surface area contributed by atoms with Gasteiger partial charge in [0.05, 0.1) is 20.0 Å². The lowest BCUT2D eigenvalue weighted by molar-refractivity contribution is -0.133. The Morgan fingerprint density at radius 3 is 2.50 bits per heavy atom. The number of hydrogen-bond donors (Lipinski definition) is 1. The van der Waals surface area contributed by atoms with E-state index < -0.39 is 11.5 Å². The van der Waals surface area contributed by atoms with Crippen LogP contribution in [0.1, 0.15) is 84.8 Å². The van der Waals surface area contributed by atoms with E-state index in [9.17, 15) is 14.4 Å². The Morgan fingerprint density at radius 1 is 1.18 bits per heavy atom. The monoisotopic (exact) mass is 466 g/mol. The van der Waals surface area contributed by atoms with E-state index in [4.69, 9.17) is 4.74 Å². The second-order valence-electron chi connectivity index (χ2n) is 9.72. The summed E-state index contributed by atoms with van der Waals surface area (Å²) in [6, 6.07) is 10.0. The molecule has 2 aromatic rings. The molecular formula is C26H34N4O4. The van der Waals surface area contributed by atoms with Gasteiger partial charge in [0, 0.05) is 12.6 Å². The molecule has 34 heavy (non-hydrogen) atoms. The second-order valence-corrected chi connectivity index (χ2v) is 9.72. The first kappa shape index (κ1) is 24.0. The molecule has 182 valence electrons. The number of nitrogens with zero attached hydrogens (tertiary/aromatic N) is 3. The highest BCUT2D eigenvalue weighted by Gasteiger charge is 2.49. The predicted molar refractivity (Wildman–Crippen MR) is 127 cm³/mol. The van der Waals surface area contributed by atoms with Gasteiger partial charge in [-0.05, 0) is 31.2 Å². The number of carbonyl (C=O) groups excluding carboxylic acids is 3. The van der Waals surface area contributed by atoms with Gasteiger partial charge in [-0.2, -0.15) is 0 Å².